The van der Waals surface area contributed by atoms with Gasteiger partial charge in [-0.25, -0.2) is 0 Å². The van der Waals surface area contributed by atoms with E-state index in [2.05, 4.69) is 10.6 Å². The van der Waals surface area contributed by atoms with Crippen LogP contribution in [0.3, 0.4) is 0 Å². The highest BCUT2D eigenvalue weighted by Crippen LogP contribution is 2.23. The molecule has 1 heterocycles. The van der Waals surface area contributed by atoms with E-state index >= 15 is 0 Å². The molecule has 1 aliphatic heterocycles. The third-order valence-corrected chi connectivity index (χ3v) is 3.44. The maximum Gasteiger partial charge on any atom is 0.240 e. The van der Waals surface area contributed by atoms with Gasteiger partial charge in [0.05, 0.1) is 5.54 Å². The third kappa shape index (κ3) is 2.95. The molecule has 1 aliphatic rings. The normalized spacial score (nSPS) is 25.8. The highest BCUT2D eigenvalue weighted by molar-refractivity contribution is 5.86. The summed E-state index contributed by atoms with van der Waals surface area (Å²) in [4.78, 5) is 12.1. The number of carbonyl (C=O) groups is 1. The lowest BCUT2D eigenvalue weighted by atomic mass is 9.91. The Morgan fingerprint density at radius 1 is 1.56 bits per heavy atom. The SMILES string of the molecule is CCC1(C(=O)NCC(C)(C)CO)CCCN1. The summed E-state index contributed by atoms with van der Waals surface area (Å²) in [5.74, 6) is 0.0778. The smallest absolute Gasteiger partial charge is 0.240 e. The number of amides is 1. The molecule has 1 amide bonds. The van der Waals surface area contributed by atoms with Crippen LogP contribution in [0.25, 0.3) is 0 Å². The second-order valence-corrected chi connectivity index (χ2v) is 5.47. The second-order valence-electron chi connectivity index (χ2n) is 5.47. The van der Waals surface area contributed by atoms with Crippen LogP contribution in [0.4, 0.5) is 0 Å². The van der Waals surface area contributed by atoms with Crippen molar-refractivity contribution in [2.75, 3.05) is 19.7 Å². The van der Waals surface area contributed by atoms with Crippen LogP contribution in [0.5, 0.6) is 0 Å². The van der Waals surface area contributed by atoms with Crippen molar-refractivity contribution in [2.45, 2.75) is 45.6 Å². The number of carbonyl (C=O) groups excluding carboxylic acids is 1. The van der Waals surface area contributed by atoms with Crippen LogP contribution in [-0.4, -0.2) is 36.2 Å². The average molecular weight is 228 g/mol. The fourth-order valence-corrected chi connectivity index (χ4v) is 2.01. The minimum atomic E-state index is -0.370. The maximum atomic E-state index is 12.1. The van der Waals surface area contributed by atoms with E-state index in [1.807, 2.05) is 20.8 Å². The first kappa shape index (κ1) is 13.5. The molecule has 0 bridgehead atoms. The Kier molecular flexibility index (Phi) is 4.33. The van der Waals surface area contributed by atoms with Gasteiger partial charge in [-0.15, -0.1) is 0 Å². The lowest BCUT2D eigenvalue weighted by molar-refractivity contribution is -0.127. The van der Waals surface area contributed by atoms with Gasteiger partial charge in [-0.1, -0.05) is 20.8 Å². The van der Waals surface area contributed by atoms with Gasteiger partial charge in [-0.05, 0) is 25.8 Å². The van der Waals surface area contributed by atoms with Gasteiger partial charge in [0, 0.05) is 18.6 Å². The van der Waals surface area contributed by atoms with Crippen LogP contribution >= 0.6 is 0 Å². The summed E-state index contributed by atoms with van der Waals surface area (Å²) in [5, 5.41) is 15.4. The molecule has 1 unspecified atom stereocenters. The largest absolute Gasteiger partial charge is 0.396 e. The molecule has 4 nitrogen and oxygen atoms in total. The van der Waals surface area contributed by atoms with Crippen molar-refractivity contribution in [3.63, 3.8) is 0 Å². The molecule has 1 fully saturated rings. The summed E-state index contributed by atoms with van der Waals surface area (Å²) in [6.45, 7) is 7.44. The fourth-order valence-electron chi connectivity index (χ4n) is 2.01. The Bertz CT molecular complexity index is 245. The predicted molar refractivity (Wildman–Crippen MR) is 64.1 cm³/mol. The van der Waals surface area contributed by atoms with E-state index in [0.29, 0.717) is 6.54 Å². The molecule has 1 atom stereocenters. The van der Waals surface area contributed by atoms with E-state index in [-0.39, 0.29) is 23.5 Å². The van der Waals surface area contributed by atoms with Gasteiger partial charge in [-0.3, -0.25) is 4.79 Å². The summed E-state index contributed by atoms with van der Waals surface area (Å²) in [6, 6.07) is 0. The van der Waals surface area contributed by atoms with E-state index in [0.717, 1.165) is 25.8 Å². The number of aliphatic hydroxyl groups is 1. The van der Waals surface area contributed by atoms with E-state index in [1.165, 1.54) is 0 Å². The Hall–Kier alpha value is -0.610. The van der Waals surface area contributed by atoms with Crippen LogP contribution in [0, 0.1) is 5.41 Å². The summed E-state index contributed by atoms with van der Waals surface area (Å²) < 4.78 is 0. The maximum absolute atomic E-state index is 12.1. The van der Waals surface area contributed by atoms with Gasteiger partial charge in [0.15, 0.2) is 0 Å². The number of nitrogens with one attached hydrogen (secondary N) is 2. The minimum absolute atomic E-state index is 0.0778. The lowest BCUT2D eigenvalue weighted by Gasteiger charge is -2.29. The first-order valence-electron chi connectivity index (χ1n) is 6.10. The van der Waals surface area contributed by atoms with Gasteiger partial charge in [0.2, 0.25) is 5.91 Å². The molecule has 16 heavy (non-hydrogen) atoms. The first-order chi connectivity index (χ1) is 7.46. The van der Waals surface area contributed by atoms with E-state index in [4.69, 9.17) is 5.11 Å². The summed E-state index contributed by atoms with van der Waals surface area (Å²) in [7, 11) is 0. The third-order valence-electron chi connectivity index (χ3n) is 3.44. The van der Waals surface area contributed by atoms with Gasteiger partial charge >= 0.3 is 0 Å². The Labute approximate surface area is 97.8 Å². The highest BCUT2D eigenvalue weighted by Gasteiger charge is 2.39. The molecule has 4 heteroatoms. The van der Waals surface area contributed by atoms with Crippen molar-refractivity contribution < 1.29 is 9.90 Å². The molecule has 1 rings (SSSR count). The van der Waals surface area contributed by atoms with E-state index < -0.39 is 0 Å². The molecule has 0 radical (unpaired) electrons. The summed E-state index contributed by atoms with van der Waals surface area (Å²) >= 11 is 0. The van der Waals surface area contributed by atoms with Crippen LogP contribution in [-0.2, 0) is 4.79 Å². The molecule has 1 saturated heterocycles. The summed E-state index contributed by atoms with van der Waals surface area (Å²) in [5.41, 5.74) is -0.616. The standard InChI is InChI=1S/C12H24N2O2/c1-4-12(6-5-7-14-12)10(16)13-8-11(2,3)9-15/h14-15H,4-9H2,1-3H3,(H,13,16). The zero-order chi connectivity index (χ0) is 12.2. The molecule has 0 spiro atoms. The van der Waals surface area contributed by atoms with Crippen molar-refractivity contribution in [3.8, 4) is 0 Å². The first-order valence-corrected chi connectivity index (χ1v) is 6.10. The zero-order valence-electron chi connectivity index (χ0n) is 10.6. The monoisotopic (exact) mass is 228 g/mol. The van der Waals surface area contributed by atoms with Crippen LogP contribution in [0.1, 0.15) is 40.0 Å². The molecule has 0 aromatic rings. The van der Waals surface area contributed by atoms with Crippen molar-refractivity contribution >= 4 is 5.91 Å². The Morgan fingerprint density at radius 2 is 2.25 bits per heavy atom. The molecule has 0 saturated carbocycles. The van der Waals surface area contributed by atoms with E-state index in [1.54, 1.807) is 0 Å². The predicted octanol–water partition coefficient (Wildman–Crippen LogP) is 0.653. The Morgan fingerprint density at radius 3 is 2.69 bits per heavy atom. The second kappa shape index (κ2) is 5.15. The molecular weight excluding hydrogens is 204 g/mol. The number of aliphatic hydroxyl groups excluding tert-OH is 1. The zero-order valence-corrected chi connectivity index (χ0v) is 10.6. The van der Waals surface area contributed by atoms with Gasteiger partial charge in [-0.2, -0.15) is 0 Å². The topological polar surface area (TPSA) is 61.4 Å². The molecule has 0 aliphatic carbocycles. The van der Waals surface area contributed by atoms with Crippen molar-refractivity contribution in [1.82, 2.24) is 10.6 Å². The van der Waals surface area contributed by atoms with Crippen LogP contribution in [0.2, 0.25) is 0 Å². The summed E-state index contributed by atoms with van der Waals surface area (Å²) in [6.07, 6.45) is 2.79. The van der Waals surface area contributed by atoms with E-state index in [9.17, 15) is 4.79 Å². The van der Waals surface area contributed by atoms with Crippen LogP contribution < -0.4 is 10.6 Å². The van der Waals surface area contributed by atoms with Gasteiger partial charge < -0.3 is 15.7 Å². The number of hydrogen-bond donors (Lipinski definition) is 3. The Balaban J connectivity index is 2.51. The van der Waals surface area contributed by atoms with Crippen molar-refractivity contribution in [2.24, 2.45) is 5.41 Å². The molecule has 0 aromatic carbocycles. The van der Waals surface area contributed by atoms with Crippen molar-refractivity contribution in [1.29, 1.82) is 0 Å². The lowest BCUT2D eigenvalue weighted by Crippen LogP contribution is -2.54. The number of hydrogen-bond acceptors (Lipinski definition) is 3. The number of rotatable bonds is 5. The molecule has 94 valence electrons. The van der Waals surface area contributed by atoms with Crippen molar-refractivity contribution in [3.05, 3.63) is 0 Å². The fraction of sp³-hybridized carbons (Fsp3) is 0.917. The average Bonchev–Trinajstić information content (AvgIpc) is 2.76. The van der Waals surface area contributed by atoms with Crippen LogP contribution in [0.15, 0.2) is 0 Å². The minimum Gasteiger partial charge on any atom is -0.396 e. The van der Waals surface area contributed by atoms with Gasteiger partial charge in [0.25, 0.3) is 0 Å². The molecule has 3 N–H and O–H groups in total. The quantitative estimate of drug-likeness (QED) is 0.647. The van der Waals surface area contributed by atoms with Gasteiger partial charge in [0.1, 0.15) is 0 Å². The molecule has 0 aromatic heterocycles. The molecular formula is C12H24N2O2. The highest BCUT2D eigenvalue weighted by atomic mass is 16.3.